The molecule has 0 unspecified atom stereocenters. The fourth-order valence-corrected chi connectivity index (χ4v) is 4.01. The summed E-state index contributed by atoms with van der Waals surface area (Å²) in [5, 5.41) is 5.27. The van der Waals surface area contributed by atoms with Crippen LogP contribution in [-0.2, 0) is 11.3 Å². The van der Waals surface area contributed by atoms with E-state index in [0.717, 1.165) is 45.2 Å². The number of amides is 1. The molecule has 31 heavy (non-hydrogen) atoms. The van der Waals surface area contributed by atoms with E-state index in [1.165, 1.54) is 0 Å². The van der Waals surface area contributed by atoms with Gasteiger partial charge in [-0.3, -0.25) is 9.78 Å². The zero-order valence-corrected chi connectivity index (χ0v) is 17.8. The van der Waals surface area contributed by atoms with Crippen LogP contribution in [0.4, 0.5) is 0 Å². The molecule has 0 radical (unpaired) electrons. The van der Waals surface area contributed by atoms with E-state index >= 15 is 0 Å². The van der Waals surface area contributed by atoms with Gasteiger partial charge in [-0.25, -0.2) is 0 Å². The molecule has 1 amide bonds. The van der Waals surface area contributed by atoms with Crippen LogP contribution in [0, 0.1) is 0 Å². The van der Waals surface area contributed by atoms with E-state index < -0.39 is 0 Å². The molecule has 156 valence electrons. The Morgan fingerprint density at radius 3 is 2.61 bits per heavy atom. The number of methoxy groups -OCH3 is 1. The Bertz CT molecular complexity index is 1190. The van der Waals surface area contributed by atoms with Crippen LogP contribution < -0.4 is 10.1 Å². The molecule has 1 atom stereocenters. The fourth-order valence-electron chi connectivity index (χ4n) is 4.01. The number of rotatable bonds is 7. The molecule has 0 saturated heterocycles. The smallest absolute Gasteiger partial charge is 0.227 e. The Labute approximate surface area is 182 Å². The van der Waals surface area contributed by atoms with Crippen LogP contribution in [0.2, 0.25) is 0 Å². The molecule has 4 rings (SSSR count). The third-order valence-corrected chi connectivity index (χ3v) is 5.67. The van der Waals surface area contributed by atoms with Gasteiger partial charge in [-0.05, 0) is 52.3 Å². The normalized spacial score (nSPS) is 11.8. The van der Waals surface area contributed by atoms with Crippen molar-refractivity contribution >= 4 is 16.7 Å². The van der Waals surface area contributed by atoms with Crippen molar-refractivity contribution in [2.24, 2.45) is 0 Å². The average molecular weight is 411 g/mol. The molecular formula is C27H26N2O2. The van der Waals surface area contributed by atoms with Gasteiger partial charge in [0.05, 0.1) is 13.0 Å². The minimum atomic E-state index is -0.151. The topological polar surface area (TPSA) is 51.2 Å². The zero-order valence-electron chi connectivity index (χ0n) is 17.8. The summed E-state index contributed by atoms with van der Waals surface area (Å²) in [5.74, 6) is 0.715. The second-order valence-electron chi connectivity index (χ2n) is 7.51. The molecule has 0 spiro atoms. The first kappa shape index (κ1) is 20.6. The minimum absolute atomic E-state index is 0.0441. The predicted molar refractivity (Wildman–Crippen MR) is 125 cm³/mol. The van der Waals surface area contributed by atoms with Crippen LogP contribution in [0.25, 0.3) is 21.9 Å². The standard InChI is InChI=1S/C27H26N2O2/c1-3-23(19-8-5-4-6-9-19)27(30)29-17-21-12-13-24(25-14-15-28-18-26(21)25)20-10-7-11-22(16-20)31-2/h4-16,18,23H,3,17H2,1-2H3,(H,29,30)/t23-/m1/s1. The number of hydrogen-bond donors (Lipinski definition) is 1. The van der Waals surface area contributed by atoms with Crippen LogP contribution >= 0.6 is 0 Å². The zero-order chi connectivity index (χ0) is 21.6. The third-order valence-electron chi connectivity index (χ3n) is 5.67. The van der Waals surface area contributed by atoms with Gasteiger partial charge in [0.25, 0.3) is 0 Å². The second kappa shape index (κ2) is 9.43. The third kappa shape index (κ3) is 4.43. The summed E-state index contributed by atoms with van der Waals surface area (Å²) in [7, 11) is 1.67. The first-order valence-electron chi connectivity index (χ1n) is 10.5. The van der Waals surface area contributed by atoms with Crippen molar-refractivity contribution < 1.29 is 9.53 Å². The molecule has 1 N–H and O–H groups in total. The highest BCUT2D eigenvalue weighted by molar-refractivity contribution is 5.98. The van der Waals surface area contributed by atoms with Gasteiger partial charge in [0.2, 0.25) is 5.91 Å². The van der Waals surface area contributed by atoms with Gasteiger partial charge in [0.1, 0.15) is 5.75 Å². The summed E-state index contributed by atoms with van der Waals surface area (Å²) in [6, 6.07) is 24.2. The van der Waals surface area contributed by atoms with Crippen LogP contribution in [0.3, 0.4) is 0 Å². The number of carbonyl (C=O) groups excluding carboxylic acids is 1. The lowest BCUT2D eigenvalue weighted by atomic mass is 9.94. The molecule has 0 aliphatic heterocycles. The summed E-state index contributed by atoms with van der Waals surface area (Å²) >= 11 is 0. The van der Waals surface area contributed by atoms with Crippen LogP contribution in [0.5, 0.6) is 5.75 Å². The van der Waals surface area contributed by atoms with Crippen molar-refractivity contribution in [3.63, 3.8) is 0 Å². The largest absolute Gasteiger partial charge is 0.497 e. The monoisotopic (exact) mass is 410 g/mol. The number of aromatic nitrogens is 1. The predicted octanol–water partition coefficient (Wildman–Crippen LogP) is 5.72. The van der Waals surface area contributed by atoms with E-state index in [1.54, 1.807) is 13.3 Å². The Morgan fingerprint density at radius 1 is 1.00 bits per heavy atom. The van der Waals surface area contributed by atoms with E-state index in [4.69, 9.17) is 4.74 Å². The number of benzene rings is 3. The highest BCUT2D eigenvalue weighted by Crippen LogP contribution is 2.32. The summed E-state index contributed by atoms with van der Waals surface area (Å²) in [6.45, 7) is 2.50. The maximum absolute atomic E-state index is 12.9. The number of fused-ring (bicyclic) bond motifs is 1. The number of ether oxygens (including phenoxy) is 1. The summed E-state index contributed by atoms with van der Waals surface area (Å²) in [4.78, 5) is 17.2. The SMILES string of the molecule is CC[C@@H](C(=O)NCc1ccc(-c2cccc(OC)c2)c2ccncc12)c1ccccc1. The molecule has 0 bridgehead atoms. The lowest BCUT2D eigenvalue weighted by Crippen LogP contribution is -2.28. The number of nitrogens with zero attached hydrogens (tertiary/aromatic N) is 1. The van der Waals surface area contributed by atoms with Crippen molar-refractivity contribution in [3.8, 4) is 16.9 Å². The molecule has 3 aromatic carbocycles. The molecular weight excluding hydrogens is 384 g/mol. The fraction of sp³-hybridized carbons (Fsp3) is 0.185. The van der Waals surface area contributed by atoms with Crippen molar-refractivity contribution in [1.29, 1.82) is 0 Å². The number of pyridine rings is 1. The molecule has 0 aliphatic rings. The van der Waals surface area contributed by atoms with Gasteiger partial charge >= 0.3 is 0 Å². The van der Waals surface area contributed by atoms with Crippen LogP contribution in [-0.4, -0.2) is 18.0 Å². The maximum atomic E-state index is 12.9. The van der Waals surface area contributed by atoms with Gasteiger partial charge in [0.15, 0.2) is 0 Å². The first-order valence-corrected chi connectivity index (χ1v) is 10.5. The van der Waals surface area contributed by atoms with Crippen molar-refractivity contribution in [3.05, 3.63) is 96.3 Å². The Hall–Kier alpha value is -3.66. The summed E-state index contributed by atoms with van der Waals surface area (Å²) in [5.41, 5.74) is 4.29. The highest BCUT2D eigenvalue weighted by Gasteiger charge is 2.18. The van der Waals surface area contributed by atoms with Crippen LogP contribution in [0.1, 0.15) is 30.4 Å². The van der Waals surface area contributed by atoms with Gasteiger partial charge in [-0.2, -0.15) is 0 Å². The van der Waals surface area contributed by atoms with Gasteiger partial charge in [0, 0.05) is 24.3 Å². The van der Waals surface area contributed by atoms with Gasteiger partial charge in [-0.15, -0.1) is 0 Å². The molecule has 0 fully saturated rings. The highest BCUT2D eigenvalue weighted by atomic mass is 16.5. The molecule has 0 aliphatic carbocycles. The molecule has 0 saturated carbocycles. The van der Waals surface area contributed by atoms with E-state index in [2.05, 4.69) is 28.5 Å². The Balaban J connectivity index is 1.61. The Kier molecular flexibility index (Phi) is 6.27. The molecule has 1 aromatic heterocycles. The van der Waals surface area contributed by atoms with E-state index in [9.17, 15) is 4.79 Å². The van der Waals surface area contributed by atoms with Crippen molar-refractivity contribution in [2.75, 3.05) is 7.11 Å². The van der Waals surface area contributed by atoms with Gasteiger partial charge < -0.3 is 10.1 Å². The maximum Gasteiger partial charge on any atom is 0.227 e. The molecule has 4 heteroatoms. The van der Waals surface area contributed by atoms with Crippen molar-refractivity contribution in [2.45, 2.75) is 25.8 Å². The summed E-state index contributed by atoms with van der Waals surface area (Å²) in [6.07, 6.45) is 4.43. The van der Waals surface area contributed by atoms with Gasteiger partial charge in [-0.1, -0.05) is 61.5 Å². The lowest BCUT2D eigenvalue weighted by Gasteiger charge is -2.17. The number of hydrogen-bond acceptors (Lipinski definition) is 3. The molecule has 4 nitrogen and oxygen atoms in total. The number of nitrogens with one attached hydrogen (secondary N) is 1. The first-order chi connectivity index (χ1) is 15.2. The summed E-state index contributed by atoms with van der Waals surface area (Å²) < 4.78 is 5.39. The Morgan fingerprint density at radius 2 is 1.84 bits per heavy atom. The van der Waals surface area contributed by atoms with Crippen molar-refractivity contribution in [1.82, 2.24) is 10.3 Å². The molecule has 4 aromatic rings. The average Bonchev–Trinajstić information content (AvgIpc) is 2.83. The van der Waals surface area contributed by atoms with Crippen LogP contribution in [0.15, 0.2) is 85.2 Å². The molecule has 1 heterocycles. The van der Waals surface area contributed by atoms with E-state index in [-0.39, 0.29) is 11.8 Å². The quantitative estimate of drug-likeness (QED) is 0.424. The van der Waals surface area contributed by atoms with E-state index in [1.807, 2.05) is 67.7 Å². The minimum Gasteiger partial charge on any atom is -0.497 e. The second-order valence-corrected chi connectivity index (χ2v) is 7.51. The number of carbonyl (C=O) groups is 1. The lowest BCUT2D eigenvalue weighted by molar-refractivity contribution is -0.122. The van der Waals surface area contributed by atoms with E-state index in [0.29, 0.717) is 6.54 Å².